The number of amides is 2. The molecule has 25 heavy (non-hydrogen) atoms. The van der Waals surface area contributed by atoms with E-state index in [1.54, 1.807) is 34.1 Å². The lowest BCUT2D eigenvalue weighted by molar-refractivity contribution is -0.140. The van der Waals surface area contributed by atoms with Crippen LogP contribution in [-0.4, -0.2) is 58.0 Å². The van der Waals surface area contributed by atoms with Crippen LogP contribution in [0.15, 0.2) is 29.1 Å². The van der Waals surface area contributed by atoms with E-state index in [1.165, 1.54) is 0 Å². The van der Waals surface area contributed by atoms with Gasteiger partial charge in [-0.3, -0.25) is 14.4 Å². The summed E-state index contributed by atoms with van der Waals surface area (Å²) in [6, 6.07) is 6.93. The summed E-state index contributed by atoms with van der Waals surface area (Å²) in [5.74, 6) is -0.137. The van der Waals surface area contributed by atoms with Gasteiger partial charge in [-0.05, 0) is 6.07 Å². The van der Waals surface area contributed by atoms with Crippen LogP contribution in [0.4, 0.5) is 0 Å². The van der Waals surface area contributed by atoms with Gasteiger partial charge in [-0.1, -0.05) is 39.0 Å². The van der Waals surface area contributed by atoms with Gasteiger partial charge in [0.05, 0.1) is 5.39 Å². The first-order valence-corrected chi connectivity index (χ1v) is 8.35. The van der Waals surface area contributed by atoms with Crippen molar-refractivity contribution in [3.8, 4) is 0 Å². The third-order valence-electron chi connectivity index (χ3n) is 4.39. The van der Waals surface area contributed by atoms with Crippen molar-refractivity contribution in [1.82, 2.24) is 20.0 Å². The molecule has 7 heteroatoms. The minimum atomic E-state index is -0.428. The van der Waals surface area contributed by atoms with E-state index in [-0.39, 0.29) is 23.1 Å². The molecule has 132 valence electrons. The summed E-state index contributed by atoms with van der Waals surface area (Å²) in [7, 11) is 0. The lowest BCUT2D eigenvalue weighted by Crippen LogP contribution is -2.53. The molecule has 1 saturated heterocycles. The van der Waals surface area contributed by atoms with E-state index in [0.29, 0.717) is 37.0 Å². The first-order valence-electron chi connectivity index (χ1n) is 8.35. The van der Waals surface area contributed by atoms with Crippen molar-refractivity contribution >= 4 is 22.6 Å². The number of rotatable bonds is 1. The molecule has 1 aliphatic rings. The Labute approximate surface area is 145 Å². The van der Waals surface area contributed by atoms with Crippen LogP contribution >= 0.6 is 0 Å². The van der Waals surface area contributed by atoms with Crippen LogP contribution in [0.1, 0.15) is 31.3 Å². The quantitative estimate of drug-likeness (QED) is 0.845. The highest BCUT2D eigenvalue weighted by Gasteiger charge is 2.31. The fraction of sp³-hybridized carbons (Fsp3) is 0.444. The van der Waals surface area contributed by atoms with Crippen LogP contribution < -0.4 is 5.56 Å². The van der Waals surface area contributed by atoms with Crippen molar-refractivity contribution in [2.75, 3.05) is 26.2 Å². The molecule has 1 aromatic heterocycles. The van der Waals surface area contributed by atoms with E-state index in [2.05, 4.69) is 10.2 Å². The third kappa shape index (κ3) is 3.26. The van der Waals surface area contributed by atoms with Gasteiger partial charge in [0, 0.05) is 37.0 Å². The minimum absolute atomic E-state index is 0.0900. The van der Waals surface area contributed by atoms with E-state index < -0.39 is 5.41 Å². The number of benzene rings is 1. The Morgan fingerprint density at radius 1 is 1.00 bits per heavy atom. The summed E-state index contributed by atoms with van der Waals surface area (Å²) in [6.07, 6.45) is 0. The second kappa shape index (κ2) is 6.31. The molecule has 0 bridgehead atoms. The van der Waals surface area contributed by atoms with Gasteiger partial charge in [0.15, 0.2) is 5.69 Å². The highest BCUT2D eigenvalue weighted by atomic mass is 16.2. The molecule has 3 rings (SSSR count). The molecule has 2 amide bonds. The number of carbonyl (C=O) groups excluding carboxylic acids is 2. The monoisotopic (exact) mass is 342 g/mol. The van der Waals surface area contributed by atoms with Gasteiger partial charge in [-0.2, -0.15) is 5.10 Å². The Balaban J connectivity index is 1.79. The SMILES string of the molecule is CC(C)(C)C(=O)N1CCN(C(=O)c2n[nH]c(=O)c3ccccc23)CC1. The average molecular weight is 342 g/mol. The number of nitrogens with one attached hydrogen (secondary N) is 1. The molecule has 0 atom stereocenters. The summed E-state index contributed by atoms with van der Waals surface area (Å²) < 4.78 is 0. The lowest BCUT2D eigenvalue weighted by atomic mass is 9.94. The summed E-state index contributed by atoms with van der Waals surface area (Å²) >= 11 is 0. The Hall–Kier alpha value is -2.70. The van der Waals surface area contributed by atoms with Gasteiger partial charge in [0.2, 0.25) is 5.91 Å². The van der Waals surface area contributed by atoms with Crippen LogP contribution in [0, 0.1) is 5.41 Å². The smallest absolute Gasteiger partial charge is 0.275 e. The van der Waals surface area contributed by atoms with Gasteiger partial charge in [0.1, 0.15) is 0 Å². The lowest BCUT2D eigenvalue weighted by Gasteiger charge is -2.37. The molecular formula is C18H22N4O3. The molecule has 7 nitrogen and oxygen atoms in total. The minimum Gasteiger partial charge on any atom is -0.339 e. The van der Waals surface area contributed by atoms with Gasteiger partial charge in [-0.25, -0.2) is 5.10 Å². The van der Waals surface area contributed by atoms with E-state index in [0.717, 1.165) is 0 Å². The number of piperazine rings is 1. The molecule has 2 aromatic rings. The molecule has 1 aromatic carbocycles. The third-order valence-corrected chi connectivity index (χ3v) is 4.39. The number of hydrogen-bond acceptors (Lipinski definition) is 4. The topological polar surface area (TPSA) is 86.4 Å². The zero-order valence-corrected chi connectivity index (χ0v) is 14.7. The first kappa shape index (κ1) is 17.1. The molecular weight excluding hydrogens is 320 g/mol. The molecule has 0 saturated carbocycles. The molecule has 0 aliphatic carbocycles. The molecule has 0 spiro atoms. The van der Waals surface area contributed by atoms with Gasteiger partial charge >= 0.3 is 0 Å². The molecule has 2 heterocycles. The van der Waals surface area contributed by atoms with Crippen molar-refractivity contribution < 1.29 is 9.59 Å². The Bertz CT molecular complexity index is 874. The van der Waals surface area contributed by atoms with Crippen molar-refractivity contribution in [2.45, 2.75) is 20.8 Å². The van der Waals surface area contributed by atoms with Crippen LogP contribution in [0.2, 0.25) is 0 Å². The zero-order chi connectivity index (χ0) is 18.2. The predicted octanol–water partition coefficient (Wildman–Crippen LogP) is 1.25. The van der Waals surface area contributed by atoms with Gasteiger partial charge in [-0.15, -0.1) is 0 Å². The van der Waals surface area contributed by atoms with Crippen molar-refractivity contribution in [1.29, 1.82) is 0 Å². The molecule has 0 radical (unpaired) electrons. The van der Waals surface area contributed by atoms with Crippen molar-refractivity contribution in [3.05, 3.63) is 40.3 Å². The van der Waals surface area contributed by atoms with Gasteiger partial charge in [0.25, 0.3) is 11.5 Å². The van der Waals surface area contributed by atoms with Crippen LogP contribution in [-0.2, 0) is 4.79 Å². The molecule has 1 fully saturated rings. The maximum absolute atomic E-state index is 12.8. The number of nitrogens with zero attached hydrogens (tertiary/aromatic N) is 3. The fourth-order valence-corrected chi connectivity index (χ4v) is 3.01. The number of aromatic amines is 1. The van der Waals surface area contributed by atoms with Crippen molar-refractivity contribution in [2.24, 2.45) is 5.41 Å². The summed E-state index contributed by atoms with van der Waals surface area (Å²) in [4.78, 5) is 40.5. The Morgan fingerprint density at radius 2 is 1.56 bits per heavy atom. The van der Waals surface area contributed by atoms with Crippen LogP contribution in [0.3, 0.4) is 0 Å². The van der Waals surface area contributed by atoms with Crippen molar-refractivity contribution in [3.63, 3.8) is 0 Å². The maximum atomic E-state index is 12.8. The predicted molar refractivity (Wildman–Crippen MR) is 94.3 cm³/mol. The number of carbonyl (C=O) groups is 2. The van der Waals surface area contributed by atoms with E-state index in [9.17, 15) is 14.4 Å². The van der Waals surface area contributed by atoms with E-state index in [4.69, 9.17) is 0 Å². The number of H-pyrrole nitrogens is 1. The summed E-state index contributed by atoms with van der Waals surface area (Å²) in [5, 5.41) is 7.35. The van der Waals surface area contributed by atoms with Crippen LogP contribution in [0.25, 0.3) is 10.8 Å². The Morgan fingerprint density at radius 3 is 2.16 bits per heavy atom. The first-order chi connectivity index (χ1) is 11.8. The highest BCUT2D eigenvalue weighted by Crippen LogP contribution is 2.20. The second-order valence-corrected chi connectivity index (χ2v) is 7.28. The fourth-order valence-electron chi connectivity index (χ4n) is 3.01. The highest BCUT2D eigenvalue weighted by molar-refractivity contribution is 6.04. The summed E-state index contributed by atoms with van der Waals surface area (Å²) in [6.45, 7) is 7.59. The van der Waals surface area contributed by atoms with E-state index >= 15 is 0 Å². The Kier molecular flexibility index (Phi) is 4.32. The molecule has 0 unspecified atom stereocenters. The number of aromatic nitrogens is 2. The second-order valence-electron chi connectivity index (χ2n) is 7.28. The average Bonchev–Trinajstić information content (AvgIpc) is 2.60. The molecule has 1 aliphatic heterocycles. The number of fused-ring (bicyclic) bond motifs is 1. The number of hydrogen-bond donors (Lipinski definition) is 1. The maximum Gasteiger partial charge on any atom is 0.275 e. The van der Waals surface area contributed by atoms with Gasteiger partial charge < -0.3 is 9.80 Å². The van der Waals surface area contributed by atoms with Crippen LogP contribution in [0.5, 0.6) is 0 Å². The summed E-state index contributed by atoms with van der Waals surface area (Å²) in [5.41, 5.74) is -0.499. The zero-order valence-electron chi connectivity index (χ0n) is 14.7. The molecule has 1 N–H and O–H groups in total. The van der Waals surface area contributed by atoms with E-state index in [1.807, 2.05) is 20.8 Å². The standard InChI is InChI=1S/C18H22N4O3/c1-18(2,3)17(25)22-10-8-21(9-11-22)16(24)14-12-6-4-5-7-13(12)15(23)20-19-14/h4-7H,8-11H2,1-3H3,(H,20,23). The normalized spacial score (nSPS) is 15.5. The largest absolute Gasteiger partial charge is 0.339 e.